The van der Waals surface area contributed by atoms with Crippen LogP contribution in [-0.4, -0.2) is 29.7 Å². The molecule has 0 bridgehead atoms. The molecule has 3 aromatic heterocycles. The van der Waals surface area contributed by atoms with Gasteiger partial charge in [-0.3, -0.25) is 9.89 Å². The molecule has 3 aromatic rings. The van der Waals surface area contributed by atoms with E-state index in [1.807, 2.05) is 0 Å². The zero-order valence-corrected chi connectivity index (χ0v) is 10.2. The molecule has 0 saturated carbocycles. The monoisotopic (exact) mass is 256 g/mol. The fraction of sp³-hybridized carbons (Fsp3) is 0.333. The van der Waals surface area contributed by atoms with Crippen molar-refractivity contribution in [2.45, 2.75) is 25.7 Å². The van der Waals surface area contributed by atoms with E-state index < -0.39 is 0 Å². The van der Waals surface area contributed by atoms with Crippen LogP contribution in [0.5, 0.6) is 0 Å². The molecule has 0 aliphatic heterocycles. The highest BCUT2D eigenvalue weighted by molar-refractivity contribution is 5.77. The van der Waals surface area contributed by atoms with Gasteiger partial charge in [0.15, 0.2) is 11.5 Å². The van der Waals surface area contributed by atoms with E-state index in [-0.39, 0.29) is 5.56 Å². The SMILES string of the molecule is O=c1c2c([nH]n1-c1ncnc3nc[nH]c13)CCCC2. The lowest BCUT2D eigenvalue weighted by Crippen LogP contribution is -2.19. The number of aromatic nitrogens is 6. The molecule has 19 heavy (non-hydrogen) atoms. The first-order valence-corrected chi connectivity index (χ1v) is 6.32. The zero-order valence-electron chi connectivity index (χ0n) is 10.2. The largest absolute Gasteiger partial charge is 0.340 e. The fourth-order valence-corrected chi connectivity index (χ4v) is 2.66. The summed E-state index contributed by atoms with van der Waals surface area (Å²) < 4.78 is 1.50. The minimum absolute atomic E-state index is 0.00991. The molecule has 2 N–H and O–H groups in total. The second-order valence-corrected chi connectivity index (χ2v) is 4.71. The van der Waals surface area contributed by atoms with Gasteiger partial charge in [0.25, 0.3) is 5.56 Å². The number of imidazole rings is 1. The third kappa shape index (κ3) is 1.44. The molecule has 7 heteroatoms. The second kappa shape index (κ2) is 3.78. The Bertz CT molecular complexity index is 811. The molecule has 0 fully saturated rings. The van der Waals surface area contributed by atoms with E-state index in [0.717, 1.165) is 36.9 Å². The summed E-state index contributed by atoms with van der Waals surface area (Å²) in [4.78, 5) is 27.7. The van der Waals surface area contributed by atoms with Crippen LogP contribution in [-0.2, 0) is 12.8 Å². The smallest absolute Gasteiger partial charge is 0.276 e. The minimum Gasteiger partial charge on any atom is -0.340 e. The summed E-state index contributed by atoms with van der Waals surface area (Å²) in [5.41, 5.74) is 3.14. The number of nitrogens with zero attached hydrogens (tertiary/aromatic N) is 4. The third-order valence-electron chi connectivity index (χ3n) is 3.59. The first-order valence-electron chi connectivity index (χ1n) is 6.32. The van der Waals surface area contributed by atoms with Crippen LogP contribution in [0, 0.1) is 0 Å². The number of hydrogen-bond acceptors (Lipinski definition) is 4. The van der Waals surface area contributed by atoms with Crippen LogP contribution < -0.4 is 5.56 Å². The van der Waals surface area contributed by atoms with E-state index in [4.69, 9.17) is 0 Å². The lowest BCUT2D eigenvalue weighted by atomic mass is 9.98. The van der Waals surface area contributed by atoms with Crippen molar-refractivity contribution >= 4 is 11.2 Å². The summed E-state index contributed by atoms with van der Waals surface area (Å²) in [5, 5.41) is 3.17. The fourth-order valence-electron chi connectivity index (χ4n) is 2.66. The molecule has 0 amide bonds. The van der Waals surface area contributed by atoms with Gasteiger partial charge in [-0.2, -0.15) is 4.68 Å². The predicted octanol–water partition coefficient (Wildman–Crippen LogP) is 0.711. The highest BCUT2D eigenvalue weighted by atomic mass is 16.1. The molecular formula is C12H12N6O. The number of hydrogen-bond donors (Lipinski definition) is 2. The van der Waals surface area contributed by atoms with Crippen molar-refractivity contribution in [2.24, 2.45) is 0 Å². The molecule has 0 spiro atoms. The van der Waals surface area contributed by atoms with E-state index in [2.05, 4.69) is 25.0 Å². The van der Waals surface area contributed by atoms with Gasteiger partial charge in [-0.05, 0) is 25.7 Å². The number of rotatable bonds is 1. The van der Waals surface area contributed by atoms with Crippen molar-refractivity contribution in [3.63, 3.8) is 0 Å². The maximum absolute atomic E-state index is 12.4. The van der Waals surface area contributed by atoms with Gasteiger partial charge in [-0.1, -0.05) is 0 Å². The Morgan fingerprint density at radius 2 is 2.05 bits per heavy atom. The van der Waals surface area contributed by atoms with E-state index in [9.17, 15) is 4.79 Å². The lowest BCUT2D eigenvalue weighted by Gasteiger charge is -2.07. The summed E-state index contributed by atoms with van der Waals surface area (Å²) in [6, 6.07) is 0. The van der Waals surface area contributed by atoms with Crippen molar-refractivity contribution in [1.29, 1.82) is 0 Å². The van der Waals surface area contributed by atoms with Crippen LogP contribution in [0.2, 0.25) is 0 Å². The number of aryl methyl sites for hydroxylation is 1. The minimum atomic E-state index is -0.00991. The molecular weight excluding hydrogens is 244 g/mol. The lowest BCUT2D eigenvalue weighted by molar-refractivity contribution is 0.670. The quantitative estimate of drug-likeness (QED) is 0.670. The molecule has 0 unspecified atom stereocenters. The molecule has 0 atom stereocenters. The average molecular weight is 256 g/mol. The Labute approximate surface area is 107 Å². The zero-order chi connectivity index (χ0) is 12.8. The van der Waals surface area contributed by atoms with E-state index in [1.54, 1.807) is 6.33 Å². The predicted molar refractivity (Wildman–Crippen MR) is 68.3 cm³/mol. The van der Waals surface area contributed by atoms with E-state index >= 15 is 0 Å². The van der Waals surface area contributed by atoms with Gasteiger partial charge in [-0.15, -0.1) is 0 Å². The maximum atomic E-state index is 12.4. The van der Waals surface area contributed by atoms with Gasteiger partial charge in [0.05, 0.1) is 6.33 Å². The van der Waals surface area contributed by atoms with Crippen molar-refractivity contribution in [2.75, 3.05) is 0 Å². The summed E-state index contributed by atoms with van der Waals surface area (Å²) in [6.07, 6.45) is 6.94. The Morgan fingerprint density at radius 3 is 2.95 bits per heavy atom. The van der Waals surface area contributed by atoms with Gasteiger partial charge in [0.2, 0.25) is 0 Å². The van der Waals surface area contributed by atoms with Gasteiger partial charge in [0, 0.05) is 11.3 Å². The third-order valence-corrected chi connectivity index (χ3v) is 3.59. The number of nitrogens with one attached hydrogen (secondary N) is 2. The van der Waals surface area contributed by atoms with Crippen LogP contribution in [0.25, 0.3) is 17.0 Å². The van der Waals surface area contributed by atoms with Crippen LogP contribution >= 0.6 is 0 Å². The van der Waals surface area contributed by atoms with Crippen LogP contribution in [0.15, 0.2) is 17.4 Å². The number of aromatic amines is 2. The van der Waals surface area contributed by atoms with Crippen molar-refractivity contribution in [3.8, 4) is 5.82 Å². The average Bonchev–Trinajstić information content (AvgIpc) is 3.04. The maximum Gasteiger partial charge on any atom is 0.276 e. The molecule has 96 valence electrons. The first-order chi connectivity index (χ1) is 9.34. The second-order valence-electron chi connectivity index (χ2n) is 4.71. The molecule has 1 aliphatic rings. The Balaban J connectivity index is 2.00. The molecule has 0 aromatic carbocycles. The Kier molecular flexibility index (Phi) is 2.08. The van der Waals surface area contributed by atoms with Crippen LogP contribution in [0.4, 0.5) is 0 Å². The molecule has 0 saturated heterocycles. The highest BCUT2D eigenvalue weighted by Crippen LogP contribution is 2.18. The highest BCUT2D eigenvalue weighted by Gasteiger charge is 2.20. The van der Waals surface area contributed by atoms with Gasteiger partial charge in [-0.25, -0.2) is 15.0 Å². The summed E-state index contributed by atoms with van der Waals surface area (Å²) >= 11 is 0. The standard InChI is InChI=1S/C12H12N6O/c19-12-7-3-1-2-4-8(7)17-18(12)11-9-10(14-5-13-9)15-6-16-11/h5-6,17H,1-4H2,(H,13,14,15,16). The molecule has 0 radical (unpaired) electrons. The molecule has 1 aliphatic carbocycles. The van der Waals surface area contributed by atoms with Crippen LogP contribution in [0.3, 0.4) is 0 Å². The van der Waals surface area contributed by atoms with Crippen molar-refractivity contribution < 1.29 is 0 Å². The summed E-state index contributed by atoms with van der Waals surface area (Å²) in [6.45, 7) is 0. The summed E-state index contributed by atoms with van der Waals surface area (Å²) in [5.74, 6) is 0.530. The van der Waals surface area contributed by atoms with E-state index in [1.165, 1.54) is 11.0 Å². The molecule has 4 rings (SSSR count). The van der Waals surface area contributed by atoms with Gasteiger partial charge < -0.3 is 4.98 Å². The number of fused-ring (bicyclic) bond motifs is 2. The summed E-state index contributed by atoms with van der Waals surface area (Å²) in [7, 11) is 0. The molecule has 7 nitrogen and oxygen atoms in total. The Hall–Kier alpha value is -2.44. The van der Waals surface area contributed by atoms with Gasteiger partial charge in [0.1, 0.15) is 11.8 Å². The number of H-pyrrole nitrogens is 2. The topological polar surface area (TPSA) is 92.2 Å². The van der Waals surface area contributed by atoms with Crippen molar-refractivity contribution in [1.82, 2.24) is 29.7 Å². The van der Waals surface area contributed by atoms with Crippen molar-refractivity contribution in [3.05, 3.63) is 34.3 Å². The van der Waals surface area contributed by atoms with Gasteiger partial charge >= 0.3 is 0 Å². The molecule has 3 heterocycles. The normalized spacial score (nSPS) is 14.7. The Morgan fingerprint density at radius 1 is 1.16 bits per heavy atom. The van der Waals surface area contributed by atoms with Crippen LogP contribution in [0.1, 0.15) is 24.1 Å². The first kappa shape index (κ1) is 10.5. The van der Waals surface area contributed by atoms with E-state index in [0.29, 0.717) is 17.0 Å².